The summed E-state index contributed by atoms with van der Waals surface area (Å²) >= 11 is 1.56. The van der Waals surface area contributed by atoms with Crippen LogP contribution < -0.4 is 10.6 Å². The summed E-state index contributed by atoms with van der Waals surface area (Å²) < 4.78 is 0. The zero-order chi connectivity index (χ0) is 15.5. The third kappa shape index (κ3) is 5.08. The maximum absolute atomic E-state index is 11.8. The van der Waals surface area contributed by atoms with Gasteiger partial charge in [-0.3, -0.25) is 9.59 Å². The van der Waals surface area contributed by atoms with E-state index in [-0.39, 0.29) is 17.2 Å². The number of thioether (sulfide) groups is 1. The fraction of sp³-hybridized carbons (Fsp3) is 0.500. The second-order valence-electron chi connectivity index (χ2n) is 6.50. The fourth-order valence-electron chi connectivity index (χ4n) is 2.18. The molecule has 0 bridgehead atoms. The molecule has 0 unspecified atom stereocenters. The molecule has 1 aromatic rings. The van der Waals surface area contributed by atoms with E-state index in [9.17, 15) is 9.59 Å². The summed E-state index contributed by atoms with van der Waals surface area (Å²) in [6.07, 6.45) is 1.30. The van der Waals surface area contributed by atoms with Crippen molar-refractivity contribution in [2.75, 3.05) is 17.6 Å². The molecule has 2 rings (SSSR count). The summed E-state index contributed by atoms with van der Waals surface area (Å²) in [7, 11) is 0. The van der Waals surface area contributed by atoms with Crippen LogP contribution in [0.3, 0.4) is 0 Å². The van der Waals surface area contributed by atoms with Crippen LogP contribution in [0.4, 0.5) is 5.69 Å². The van der Waals surface area contributed by atoms with Gasteiger partial charge in [0.25, 0.3) is 0 Å². The van der Waals surface area contributed by atoms with Gasteiger partial charge < -0.3 is 10.6 Å². The van der Waals surface area contributed by atoms with E-state index in [1.807, 2.05) is 12.1 Å². The quantitative estimate of drug-likeness (QED) is 0.899. The van der Waals surface area contributed by atoms with Crippen LogP contribution >= 0.6 is 11.8 Å². The van der Waals surface area contributed by atoms with Crippen LogP contribution in [0.5, 0.6) is 0 Å². The van der Waals surface area contributed by atoms with Crippen LogP contribution in [-0.4, -0.2) is 24.1 Å². The lowest BCUT2D eigenvalue weighted by Gasteiger charge is -2.18. The number of hydrogen-bond acceptors (Lipinski definition) is 3. The Labute approximate surface area is 130 Å². The van der Waals surface area contributed by atoms with Crippen molar-refractivity contribution in [3.05, 3.63) is 23.8 Å². The van der Waals surface area contributed by atoms with Crippen LogP contribution in [0.1, 0.15) is 32.8 Å². The highest BCUT2D eigenvalue weighted by molar-refractivity contribution is 8.00. The minimum absolute atomic E-state index is 0.0113. The molecule has 0 spiro atoms. The van der Waals surface area contributed by atoms with E-state index in [4.69, 9.17) is 0 Å². The van der Waals surface area contributed by atoms with Gasteiger partial charge in [0.2, 0.25) is 11.8 Å². The maximum atomic E-state index is 11.8. The Kier molecular flexibility index (Phi) is 4.93. The van der Waals surface area contributed by atoms with Gasteiger partial charge in [-0.2, -0.15) is 0 Å². The van der Waals surface area contributed by atoms with Crippen molar-refractivity contribution in [2.24, 2.45) is 5.41 Å². The lowest BCUT2D eigenvalue weighted by molar-refractivity contribution is -0.122. The lowest BCUT2D eigenvalue weighted by atomic mass is 9.92. The van der Waals surface area contributed by atoms with E-state index in [1.54, 1.807) is 11.8 Å². The topological polar surface area (TPSA) is 58.2 Å². The Bertz CT molecular complexity index is 550. The molecule has 1 aromatic carbocycles. The van der Waals surface area contributed by atoms with Crippen molar-refractivity contribution >= 4 is 29.3 Å². The van der Waals surface area contributed by atoms with Gasteiger partial charge in [0.05, 0.1) is 11.4 Å². The Morgan fingerprint density at radius 3 is 2.86 bits per heavy atom. The maximum Gasteiger partial charge on any atom is 0.234 e. The van der Waals surface area contributed by atoms with E-state index in [0.29, 0.717) is 18.7 Å². The number of nitrogens with one attached hydrogen (secondary N) is 2. The van der Waals surface area contributed by atoms with E-state index in [0.717, 1.165) is 22.6 Å². The zero-order valence-corrected chi connectivity index (χ0v) is 13.6. The molecule has 0 fully saturated rings. The summed E-state index contributed by atoms with van der Waals surface area (Å²) in [6, 6.07) is 6.08. The van der Waals surface area contributed by atoms with Gasteiger partial charge in [-0.05, 0) is 29.5 Å². The van der Waals surface area contributed by atoms with Gasteiger partial charge >= 0.3 is 0 Å². The van der Waals surface area contributed by atoms with Gasteiger partial charge in [-0.25, -0.2) is 0 Å². The van der Waals surface area contributed by atoms with Crippen molar-refractivity contribution in [1.82, 2.24) is 5.32 Å². The highest BCUT2D eigenvalue weighted by atomic mass is 32.2. The zero-order valence-electron chi connectivity index (χ0n) is 12.8. The van der Waals surface area contributed by atoms with Crippen molar-refractivity contribution in [3.8, 4) is 0 Å². The molecule has 21 heavy (non-hydrogen) atoms. The third-order valence-electron chi connectivity index (χ3n) is 3.10. The van der Waals surface area contributed by atoms with Crippen molar-refractivity contribution < 1.29 is 9.59 Å². The van der Waals surface area contributed by atoms with Crippen LogP contribution in [0.2, 0.25) is 0 Å². The third-order valence-corrected chi connectivity index (χ3v) is 4.18. The summed E-state index contributed by atoms with van der Waals surface area (Å²) in [6.45, 7) is 6.78. The van der Waals surface area contributed by atoms with E-state index in [1.165, 1.54) is 0 Å². The number of benzene rings is 1. The van der Waals surface area contributed by atoms with Crippen LogP contribution in [0.25, 0.3) is 0 Å². The second-order valence-corrected chi connectivity index (χ2v) is 7.52. The predicted octanol–water partition coefficient (Wildman–Crippen LogP) is 2.83. The molecule has 5 heteroatoms. The van der Waals surface area contributed by atoms with Gasteiger partial charge in [0.1, 0.15) is 0 Å². The Morgan fingerprint density at radius 1 is 1.38 bits per heavy atom. The number of carbonyl (C=O) groups is 2. The second kappa shape index (κ2) is 6.52. The molecule has 4 nitrogen and oxygen atoms in total. The molecule has 0 atom stereocenters. The van der Waals surface area contributed by atoms with Gasteiger partial charge in [-0.15, -0.1) is 11.8 Å². The van der Waals surface area contributed by atoms with Crippen molar-refractivity contribution in [2.45, 2.75) is 38.5 Å². The molecule has 0 saturated heterocycles. The van der Waals surface area contributed by atoms with E-state index in [2.05, 4.69) is 37.5 Å². The summed E-state index contributed by atoms with van der Waals surface area (Å²) in [5, 5.41) is 5.83. The first-order chi connectivity index (χ1) is 9.83. The molecular weight excluding hydrogens is 284 g/mol. The summed E-state index contributed by atoms with van der Waals surface area (Å²) in [5.74, 6) is 0.613. The Hall–Kier alpha value is -1.49. The summed E-state index contributed by atoms with van der Waals surface area (Å²) in [4.78, 5) is 24.2. The van der Waals surface area contributed by atoms with Gasteiger partial charge in [-0.1, -0.05) is 26.8 Å². The molecule has 2 N–H and O–H groups in total. The SMILES string of the molecule is CC(C)(C)CC(=O)NCCc1ccc2c(c1)NC(=O)CS2. The van der Waals surface area contributed by atoms with Crippen LogP contribution in [0.15, 0.2) is 23.1 Å². The normalized spacial score (nSPS) is 14.3. The molecule has 1 heterocycles. The molecule has 1 aliphatic heterocycles. The number of hydrogen-bond donors (Lipinski definition) is 2. The molecule has 0 aliphatic carbocycles. The Morgan fingerprint density at radius 2 is 2.14 bits per heavy atom. The monoisotopic (exact) mass is 306 g/mol. The van der Waals surface area contributed by atoms with Gasteiger partial charge in [0.15, 0.2) is 0 Å². The van der Waals surface area contributed by atoms with Crippen molar-refractivity contribution in [3.63, 3.8) is 0 Å². The predicted molar refractivity (Wildman–Crippen MR) is 86.6 cm³/mol. The average molecular weight is 306 g/mol. The number of fused-ring (bicyclic) bond motifs is 1. The molecule has 0 aromatic heterocycles. The molecule has 1 aliphatic rings. The molecule has 0 radical (unpaired) electrons. The molecule has 114 valence electrons. The smallest absolute Gasteiger partial charge is 0.234 e. The fourth-order valence-corrected chi connectivity index (χ4v) is 2.96. The first-order valence-electron chi connectivity index (χ1n) is 7.16. The number of amides is 2. The number of rotatable bonds is 4. The largest absolute Gasteiger partial charge is 0.356 e. The van der Waals surface area contributed by atoms with E-state index < -0.39 is 0 Å². The minimum Gasteiger partial charge on any atom is -0.356 e. The van der Waals surface area contributed by atoms with Crippen LogP contribution in [-0.2, 0) is 16.0 Å². The van der Waals surface area contributed by atoms with Crippen molar-refractivity contribution in [1.29, 1.82) is 0 Å². The summed E-state index contributed by atoms with van der Waals surface area (Å²) in [5.41, 5.74) is 2.01. The highest BCUT2D eigenvalue weighted by Crippen LogP contribution is 2.31. The average Bonchev–Trinajstić information content (AvgIpc) is 2.36. The minimum atomic E-state index is 0.0113. The Balaban J connectivity index is 1.85. The molecular formula is C16H22N2O2S. The van der Waals surface area contributed by atoms with E-state index >= 15 is 0 Å². The molecule has 0 saturated carbocycles. The van der Waals surface area contributed by atoms with Gasteiger partial charge in [0, 0.05) is 17.9 Å². The standard InChI is InChI=1S/C16H22N2O2S/c1-16(2,3)9-14(19)17-7-6-11-4-5-13-12(8-11)18-15(20)10-21-13/h4-5,8H,6-7,9-10H2,1-3H3,(H,17,19)(H,18,20). The first kappa shape index (κ1) is 15.9. The first-order valence-corrected chi connectivity index (χ1v) is 8.14. The van der Waals surface area contributed by atoms with Crippen LogP contribution in [0, 0.1) is 5.41 Å². The number of carbonyl (C=O) groups excluding carboxylic acids is 2. The molecule has 2 amide bonds. The lowest BCUT2D eigenvalue weighted by Crippen LogP contribution is -2.29. The number of anilines is 1. The highest BCUT2D eigenvalue weighted by Gasteiger charge is 2.16.